The zero-order valence-corrected chi connectivity index (χ0v) is 15.6. The SMILES string of the molecule is N[C@H]1CCCC(F)(F)[C@@H]1NC(=O)c1nc(-c2cnc3ccccn23)c(Cl)s1. The van der Waals surface area contributed by atoms with Crippen LogP contribution in [-0.4, -0.2) is 38.3 Å². The van der Waals surface area contributed by atoms with Crippen molar-refractivity contribution in [3.8, 4) is 11.4 Å². The highest BCUT2D eigenvalue weighted by Gasteiger charge is 2.46. The number of nitrogens with zero attached hydrogens (tertiary/aromatic N) is 3. The number of carbonyl (C=O) groups is 1. The van der Waals surface area contributed by atoms with Gasteiger partial charge in [0, 0.05) is 18.7 Å². The minimum absolute atomic E-state index is 0.00875. The largest absolute Gasteiger partial charge is 0.340 e. The number of alkyl halides is 2. The first-order valence-corrected chi connectivity index (χ1v) is 9.59. The van der Waals surface area contributed by atoms with E-state index in [0.717, 1.165) is 11.3 Å². The van der Waals surface area contributed by atoms with Crippen molar-refractivity contribution in [1.29, 1.82) is 0 Å². The maximum atomic E-state index is 14.1. The number of rotatable bonds is 3. The van der Waals surface area contributed by atoms with Gasteiger partial charge in [0.15, 0.2) is 5.01 Å². The second kappa shape index (κ2) is 6.81. The van der Waals surface area contributed by atoms with E-state index in [0.29, 0.717) is 29.9 Å². The number of pyridine rings is 1. The Morgan fingerprint density at radius 2 is 2.26 bits per heavy atom. The molecule has 0 bridgehead atoms. The molecule has 0 aromatic carbocycles. The summed E-state index contributed by atoms with van der Waals surface area (Å²) in [4.78, 5) is 21.0. The van der Waals surface area contributed by atoms with E-state index >= 15 is 0 Å². The summed E-state index contributed by atoms with van der Waals surface area (Å²) in [5.41, 5.74) is 7.51. The van der Waals surface area contributed by atoms with Gasteiger partial charge in [0.1, 0.15) is 21.7 Å². The van der Waals surface area contributed by atoms with Gasteiger partial charge in [-0.1, -0.05) is 29.0 Å². The molecule has 1 saturated carbocycles. The molecular formula is C17H16ClF2N5OS. The molecule has 0 unspecified atom stereocenters. The zero-order chi connectivity index (χ0) is 19.2. The molecular weight excluding hydrogens is 396 g/mol. The first kappa shape index (κ1) is 18.3. The Morgan fingerprint density at radius 1 is 1.44 bits per heavy atom. The lowest BCUT2D eigenvalue weighted by atomic mass is 9.87. The Labute approximate surface area is 162 Å². The lowest BCUT2D eigenvalue weighted by molar-refractivity contribution is -0.0674. The molecule has 3 aromatic heterocycles. The molecule has 27 heavy (non-hydrogen) atoms. The van der Waals surface area contributed by atoms with Gasteiger partial charge in [-0.15, -0.1) is 0 Å². The first-order chi connectivity index (χ1) is 12.9. The topological polar surface area (TPSA) is 85.3 Å². The minimum atomic E-state index is -3.04. The molecule has 3 heterocycles. The number of halogens is 3. The fourth-order valence-electron chi connectivity index (χ4n) is 3.29. The normalized spacial score (nSPS) is 22.1. The van der Waals surface area contributed by atoms with Crippen LogP contribution in [-0.2, 0) is 0 Å². The maximum absolute atomic E-state index is 14.1. The van der Waals surface area contributed by atoms with Gasteiger partial charge in [-0.05, 0) is 25.0 Å². The van der Waals surface area contributed by atoms with Crippen molar-refractivity contribution in [2.75, 3.05) is 0 Å². The van der Waals surface area contributed by atoms with Crippen LogP contribution in [0.3, 0.4) is 0 Å². The molecule has 2 atom stereocenters. The van der Waals surface area contributed by atoms with E-state index in [4.69, 9.17) is 17.3 Å². The third-order valence-electron chi connectivity index (χ3n) is 4.66. The van der Waals surface area contributed by atoms with Crippen LogP contribution < -0.4 is 11.1 Å². The van der Waals surface area contributed by atoms with Crippen LogP contribution in [0.5, 0.6) is 0 Å². The van der Waals surface area contributed by atoms with E-state index in [9.17, 15) is 13.6 Å². The van der Waals surface area contributed by atoms with E-state index in [1.54, 1.807) is 16.8 Å². The zero-order valence-electron chi connectivity index (χ0n) is 14.0. The van der Waals surface area contributed by atoms with Crippen molar-refractivity contribution >= 4 is 34.5 Å². The van der Waals surface area contributed by atoms with Crippen LogP contribution in [0.25, 0.3) is 17.0 Å². The van der Waals surface area contributed by atoms with E-state index in [-0.39, 0.29) is 15.8 Å². The summed E-state index contributed by atoms with van der Waals surface area (Å²) in [6.07, 6.45) is 3.88. The number of amides is 1. The first-order valence-electron chi connectivity index (χ1n) is 8.40. The highest BCUT2D eigenvalue weighted by Crippen LogP contribution is 2.35. The van der Waals surface area contributed by atoms with Crippen molar-refractivity contribution < 1.29 is 13.6 Å². The summed E-state index contributed by atoms with van der Waals surface area (Å²) in [5, 5.41) is 2.36. The monoisotopic (exact) mass is 411 g/mol. The van der Waals surface area contributed by atoms with Gasteiger partial charge in [-0.2, -0.15) is 0 Å². The Kier molecular flexibility index (Phi) is 4.61. The number of nitrogens with one attached hydrogen (secondary N) is 1. The molecule has 0 radical (unpaired) electrons. The highest BCUT2D eigenvalue weighted by molar-refractivity contribution is 7.18. The predicted molar refractivity (Wildman–Crippen MR) is 99.3 cm³/mol. The van der Waals surface area contributed by atoms with Crippen molar-refractivity contribution in [3.63, 3.8) is 0 Å². The van der Waals surface area contributed by atoms with E-state index in [2.05, 4.69) is 15.3 Å². The fourth-order valence-corrected chi connectivity index (χ4v) is 4.35. The third kappa shape index (κ3) is 3.30. The summed E-state index contributed by atoms with van der Waals surface area (Å²) in [6.45, 7) is 0. The molecule has 3 aromatic rings. The summed E-state index contributed by atoms with van der Waals surface area (Å²) in [6, 6.07) is 3.29. The predicted octanol–water partition coefficient (Wildman–Crippen LogP) is 3.36. The molecule has 1 aliphatic carbocycles. The van der Waals surface area contributed by atoms with Gasteiger partial charge < -0.3 is 11.1 Å². The molecule has 1 aliphatic rings. The Hall–Kier alpha value is -2.10. The number of carbonyl (C=O) groups excluding carboxylic acids is 1. The summed E-state index contributed by atoms with van der Waals surface area (Å²) >= 11 is 7.21. The standard InChI is InChI=1S/C17H16ClF2N5OS/c18-14-12(10-8-22-11-5-1-2-7-25(10)11)23-16(27-14)15(26)24-13-9(21)4-3-6-17(13,19)20/h1-2,5,7-9,13H,3-4,6,21H2,(H,24,26)/t9-,13+/m0/s1. The number of thiazole rings is 1. The molecule has 10 heteroatoms. The molecule has 4 rings (SSSR count). The smallest absolute Gasteiger partial charge is 0.280 e. The van der Waals surface area contributed by atoms with Crippen LogP contribution >= 0.6 is 22.9 Å². The van der Waals surface area contributed by atoms with Crippen LogP contribution in [0.15, 0.2) is 30.6 Å². The average molecular weight is 412 g/mol. The fraction of sp³-hybridized carbons (Fsp3) is 0.353. The van der Waals surface area contributed by atoms with Gasteiger partial charge >= 0.3 is 0 Å². The molecule has 3 N–H and O–H groups in total. The molecule has 6 nitrogen and oxygen atoms in total. The van der Waals surface area contributed by atoms with Crippen molar-refractivity contribution in [2.45, 2.75) is 37.3 Å². The number of fused-ring (bicyclic) bond motifs is 1. The number of hydrogen-bond donors (Lipinski definition) is 2. The van der Waals surface area contributed by atoms with Gasteiger partial charge in [0.25, 0.3) is 11.8 Å². The number of aromatic nitrogens is 3. The molecule has 1 fully saturated rings. The lowest BCUT2D eigenvalue weighted by Crippen LogP contribution is -2.59. The lowest BCUT2D eigenvalue weighted by Gasteiger charge is -2.36. The summed E-state index contributed by atoms with van der Waals surface area (Å²) < 4.78 is 30.3. The van der Waals surface area contributed by atoms with Crippen LogP contribution in [0.2, 0.25) is 4.34 Å². The van der Waals surface area contributed by atoms with Crippen LogP contribution in [0.1, 0.15) is 29.1 Å². The van der Waals surface area contributed by atoms with E-state index in [1.165, 1.54) is 0 Å². The van der Waals surface area contributed by atoms with Gasteiger partial charge in [-0.3, -0.25) is 9.20 Å². The Bertz CT molecular complexity index is 1000. The van der Waals surface area contributed by atoms with E-state index in [1.807, 2.05) is 18.2 Å². The number of imidazole rings is 1. The molecule has 0 spiro atoms. The summed E-state index contributed by atoms with van der Waals surface area (Å²) in [7, 11) is 0. The highest BCUT2D eigenvalue weighted by atomic mass is 35.5. The Balaban J connectivity index is 1.62. The van der Waals surface area contributed by atoms with Gasteiger partial charge in [0.2, 0.25) is 0 Å². The van der Waals surface area contributed by atoms with Crippen molar-refractivity contribution in [1.82, 2.24) is 19.7 Å². The summed E-state index contributed by atoms with van der Waals surface area (Å²) in [5.74, 6) is -3.75. The van der Waals surface area contributed by atoms with Crippen LogP contribution in [0.4, 0.5) is 8.78 Å². The molecule has 0 aliphatic heterocycles. The number of hydrogen-bond acceptors (Lipinski definition) is 5. The molecule has 0 saturated heterocycles. The molecule has 1 amide bonds. The van der Waals surface area contributed by atoms with Gasteiger partial charge in [0.05, 0.1) is 11.9 Å². The molecule has 142 valence electrons. The minimum Gasteiger partial charge on any atom is -0.340 e. The second-order valence-electron chi connectivity index (χ2n) is 6.48. The van der Waals surface area contributed by atoms with Crippen molar-refractivity contribution in [3.05, 3.63) is 39.9 Å². The average Bonchev–Trinajstić information content (AvgIpc) is 3.21. The maximum Gasteiger partial charge on any atom is 0.280 e. The van der Waals surface area contributed by atoms with Gasteiger partial charge in [-0.25, -0.2) is 18.7 Å². The number of nitrogens with two attached hydrogens (primary N) is 1. The van der Waals surface area contributed by atoms with Crippen LogP contribution in [0, 0.1) is 0 Å². The Morgan fingerprint density at radius 3 is 3.04 bits per heavy atom. The second-order valence-corrected chi connectivity index (χ2v) is 8.08. The van der Waals surface area contributed by atoms with Crippen molar-refractivity contribution in [2.24, 2.45) is 5.73 Å². The van der Waals surface area contributed by atoms with E-state index < -0.39 is 23.9 Å². The third-order valence-corrected chi connectivity index (χ3v) is 5.91. The quantitative estimate of drug-likeness (QED) is 0.692.